The molecule has 0 fully saturated rings. The van der Waals surface area contributed by atoms with Gasteiger partial charge in [0.25, 0.3) is 0 Å². The molecule has 0 aliphatic carbocycles. The molecule has 0 spiro atoms. The van der Waals surface area contributed by atoms with Crippen LogP contribution >= 0.6 is 0 Å². The summed E-state index contributed by atoms with van der Waals surface area (Å²) < 4.78 is 5.50. The molecule has 0 saturated carbocycles. The molecule has 2 unspecified atom stereocenters. The van der Waals surface area contributed by atoms with Gasteiger partial charge in [-0.15, -0.1) is 0 Å². The van der Waals surface area contributed by atoms with Gasteiger partial charge in [0.15, 0.2) is 0 Å². The number of hydrogen-bond acceptors (Lipinski definition) is 5. The second kappa shape index (κ2) is 73.5. The summed E-state index contributed by atoms with van der Waals surface area (Å²) >= 11 is 0. The van der Waals surface area contributed by atoms with Crippen molar-refractivity contribution in [2.45, 2.75) is 437 Å². The van der Waals surface area contributed by atoms with E-state index in [9.17, 15) is 19.8 Å². The summed E-state index contributed by atoms with van der Waals surface area (Å²) in [6, 6.07) is -0.537. The fourth-order valence-corrected chi connectivity index (χ4v) is 12.1. The first-order valence-electron chi connectivity index (χ1n) is 38.2. The number of nitrogens with one attached hydrogen (secondary N) is 1. The molecule has 0 bridgehead atoms. The minimum atomic E-state index is -0.660. The quantitative estimate of drug-likeness (QED) is 0.0320. The van der Waals surface area contributed by atoms with Crippen molar-refractivity contribution in [2.24, 2.45) is 0 Å². The molecule has 3 N–H and O–H groups in total. The largest absolute Gasteiger partial charge is 0.466 e. The summed E-state index contributed by atoms with van der Waals surface area (Å²) in [5.41, 5.74) is 0. The average molecular weight is 1180 g/mol. The van der Waals surface area contributed by atoms with Crippen LogP contribution in [0.15, 0.2) is 36.5 Å². The van der Waals surface area contributed by atoms with Gasteiger partial charge in [-0.2, -0.15) is 0 Å². The number of aliphatic hydroxyl groups excluding tert-OH is 2. The van der Waals surface area contributed by atoms with Crippen LogP contribution in [0.5, 0.6) is 0 Å². The Morgan fingerprint density at radius 2 is 0.595 bits per heavy atom. The molecule has 84 heavy (non-hydrogen) atoms. The maximum atomic E-state index is 12.5. The third kappa shape index (κ3) is 69.2. The molecule has 6 nitrogen and oxygen atoms in total. The van der Waals surface area contributed by atoms with Gasteiger partial charge in [0.1, 0.15) is 0 Å². The number of aliphatic hydroxyl groups is 2. The molecule has 0 heterocycles. The van der Waals surface area contributed by atoms with Crippen molar-refractivity contribution in [3.63, 3.8) is 0 Å². The molecule has 0 radical (unpaired) electrons. The van der Waals surface area contributed by atoms with Gasteiger partial charge >= 0.3 is 5.97 Å². The van der Waals surface area contributed by atoms with Gasteiger partial charge in [-0.3, -0.25) is 9.59 Å². The van der Waals surface area contributed by atoms with Crippen molar-refractivity contribution >= 4 is 11.9 Å². The van der Waals surface area contributed by atoms with E-state index in [-0.39, 0.29) is 18.5 Å². The number of esters is 1. The van der Waals surface area contributed by atoms with Crippen molar-refractivity contribution in [3.8, 4) is 0 Å². The zero-order valence-electron chi connectivity index (χ0n) is 56.9. The van der Waals surface area contributed by atoms with Crippen molar-refractivity contribution in [2.75, 3.05) is 13.2 Å². The molecule has 0 rings (SSSR count). The highest BCUT2D eigenvalue weighted by molar-refractivity contribution is 5.76. The minimum absolute atomic E-state index is 0.0141. The second-order valence-corrected chi connectivity index (χ2v) is 26.3. The van der Waals surface area contributed by atoms with Crippen molar-refractivity contribution in [1.82, 2.24) is 5.32 Å². The molecule has 0 aromatic rings. The maximum Gasteiger partial charge on any atom is 0.305 e. The molecule has 6 heteroatoms. The first-order valence-corrected chi connectivity index (χ1v) is 38.2. The Bertz CT molecular complexity index is 1360. The average Bonchev–Trinajstić information content (AvgIpc) is 3.54. The number of carbonyl (C=O) groups excluding carboxylic acids is 2. The minimum Gasteiger partial charge on any atom is -0.466 e. The van der Waals surface area contributed by atoms with Crippen LogP contribution in [-0.4, -0.2) is 47.4 Å². The van der Waals surface area contributed by atoms with Gasteiger partial charge in [0.2, 0.25) is 5.91 Å². The Morgan fingerprint density at radius 3 is 0.940 bits per heavy atom. The molecule has 0 aliphatic rings. The lowest BCUT2D eigenvalue weighted by molar-refractivity contribution is -0.143. The Hall–Kier alpha value is -1.92. The van der Waals surface area contributed by atoms with E-state index in [2.05, 4.69) is 55.6 Å². The highest BCUT2D eigenvalue weighted by Crippen LogP contribution is 2.19. The van der Waals surface area contributed by atoms with Crippen LogP contribution in [0.4, 0.5) is 0 Å². The van der Waals surface area contributed by atoms with Crippen LogP contribution in [0.2, 0.25) is 0 Å². The predicted octanol–water partition coefficient (Wildman–Crippen LogP) is 25.0. The lowest BCUT2D eigenvalue weighted by Crippen LogP contribution is -2.45. The second-order valence-electron chi connectivity index (χ2n) is 26.3. The summed E-state index contributed by atoms with van der Waals surface area (Å²) in [5.74, 6) is -0.0147. The van der Waals surface area contributed by atoms with Crippen LogP contribution in [0.3, 0.4) is 0 Å². The third-order valence-electron chi connectivity index (χ3n) is 17.9. The number of allylic oxidation sites excluding steroid dienone is 6. The monoisotopic (exact) mass is 1180 g/mol. The summed E-state index contributed by atoms with van der Waals surface area (Å²) in [5, 5.41) is 23.3. The number of ether oxygens (including phenoxy) is 1. The van der Waals surface area contributed by atoms with Crippen molar-refractivity contribution < 1.29 is 24.5 Å². The number of unbranched alkanes of at least 4 members (excludes halogenated alkanes) is 55. The number of hydrogen-bond donors (Lipinski definition) is 3. The lowest BCUT2D eigenvalue weighted by Gasteiger charge is -2.22. The van der Waals surface area contributed by atoms with Gasteiger partial charge in [0, 0.05) is 12.8 Å². The normalized spacial score (nSPS) is 12.7. The molecular weight excluding hydrogens is 1030 g/mol. The maximum absolute atomic E-state index is 12.5. The molecule has 2 atom stereocenters. The van der Waals surface area contributed by atoms with Gasteiger partial charge < -0.3 is 20.3 Å². The van der Waals surface area contributed by atoms with E-state index in [0.717, 1.165) is 51.4 Å². The third-order valence-corrected chi connectivity index (χ3v) is 17.9. The van der Waals surface area contributed by atoms with Crippen LogP contribution in [-0.2, 0) is 14.3 Å². The van der Waals surface area contributed by atoms with E-state index in [1.807, 2.05) is 0 Å². The van der Waals surface area contributed by atoms with E-state index in [1.54, 1.807) is 0 Å². The summed E-state index contributed by atoms with van der Waals surface area (Å²) in [6.07, 6.45) is 95.2. The lowest BCUT2D eigenvalue weighted by atomic mass is 10.0. The van der Waals surface area contributed by atoms with E-state index >= 15 is 0 Å². The summed E-state index contributed by atoms with van der Waals surface area (Å²) in [4.78, 5) is 24.6. The number of carbonyl (C=O) groups is 2. The fraction of sp³-hybridized carbons (Fsp3) is 0.897. The highest BCUT2D eigenvalue weighted by Gasteiger charge is 2.20. The van der Waals surface area contributed by atoms with Gasteiger partial charge in [0.05, 0.1) is 25.4 Å². The Morgan fingerprint density at radius 1 is 0.333 bits per heavy atom. The van der Waals surface area contributed by atoms with E-state index in [4.69, 9.17) is 4.74 Å². The molecule has 1 amide bonds. The first kappa shape index (κ1) is 82.1. The fourth-order valence-electron chi connectivity index (χ4n) is 12.1. The van der Waals surface area contributed by atoms with Gasteiger partial charge in [-0.25, -0.2) is 0 Å². The number of rotatable bonds is 72. The smallest absolute Gasteiger partial charge is 0.305 e. The van der Waals surface area contributed by atoms with Crippen molar-refractivity contribution in [3.05, 3.63) is 36.5 Å². The van der Waals surface area contributed by atoms with Gasteiger partial charge in [-0.1, -0.05) is 365 Å². The Kier molecular flexibility index (Phi) is 71.9. The van der Waals surface area contributed by atoms with Crippen molar-refractivity contribution in [1.29, 1.82) is 0 Å². The first-order chi connectivity index (χ1) is 41.5. The standard InChI is InChI=1S/C78H149NO5/c1-3-5-7-9-11-13-15-17-18-40-44-48-52-56-60-64-68-72-78(83)84-73-69-65-61-57-53-49-45-42-39-37-35-33-31-29-27-25-23-21-19-20-22-24-26-28-30-32-34-36-38-41-43-47-51-55-59-63-67-71-77(82)79-75(74-80)76(81)70-66-62-58-54-50-46-16-14-12-10-8-6-4-2/h11,13,17-19,21,75-76,80-81H,3-10,12,14-16,20,22-74H2,1-2H3,(H,79,82)/b13-11-,18-17-,21-19-. The highest BCUT2D eigenvalue weighted by atomic mass is 16.5. The van der Waals surface area contributed by atoms with Crippen LogP contribution in [0.1, 0.15) is 425 Å². The van der Waals surface area contributed by atoms with Crippen LogP contribution < -0.4 is 5.32 Å². The summed E-state index contributed by atoms with van der Waals surface area (Å²) in [6.45, 7) is 4.96. The van der Waals surface area contributed by atoms with E-state index in [1.165, 1.54) is 340 Å². The topological polar surface area (TPSA) is 95.9 Å². The Labute approximate surface area is 525 Å². The molecule has 0 aliphatic heterocycles. The Balaban J connectivity index is 3.31. The molecule has 0 aromatic carbocycles. The number of amides is 1. The zero-order chi connectivity index (χ0) is 60.6. The molecule has 496 valence electrons. The van der Waals surface area contributed by atoms with Gasteiger partial charge in [-0.05, 0) is 83.5 Å². The van der Waals surface area contributed by atoms with Crippen LogP contribution in [0.25, 0.3) is 0 Å². The predicted molar refractivity (Wildman–Crippen MR) is 370 cm³/mol. The SMILES string of the molecule is CCCCC/C=C\C/C=C\CCCCCCCCCC(=O)OCCCCCCCCCCCCCCCCCC/C=C\CCCCCCCCCCCCCCCCCCCC(=O)NC(CO)C(O)CCCCCCCCCCCCCCC. The molecular formula is C78H149NO5. The van der Waals surface area contributed by atoms with Crippen LogP contribution in [0, 0.1) is 0 Å². The van der Waals surface area contributed by atoms with E-state index < -0.39 is 12.1 Å². The molecule has 0 aromatic heterocycles. The molecule has 0 saturated heterocycles. The zero-order valence-corrected chi connectivity index (χ0v) is 56.9. The van der Waals surface area contributed by atoms with E-state index in [0.29, 0.717) is 25.9 Å². The summed E-state index contributed by atoms with van der Waals surface area (Å²) in [7, 11) is 0.